The van der Waals surface area contributed by atoms with E-state index in [4.69, 9.17) is 5.73 Å². The Bertz CT molecular complexity index is 289. The van der Waals surface area contributed by atoms with Crippen LogP contribution in [0.2, 0.25) is 0 Å². The van der Waals surface area contributed by atoms with Gasteiger partial charge in [-0.15, -0.1) is 0 Å². The zero-order valence-electron chi connectivity index (χ0n) is 7.89. The molecular weight excluding hydrogens is 186 g/mol. The van der Waals surface area contributed by atoms with Crippen LogP contribution in [0, 0.1) is 11.6 Å². The van der Waals surface area contributed by atoms with Gasteiger partial charge in [0.1, 0.15) is 11.6 Å². The Labute approximate surface area is 82.1 Å². The van der Waals surface area contributed by atoms with Gasteiger partial charge in [-0.25, -0.2) is 8.78 Å². The lowest BCUT2D eigenvalue weighted by atomic mass is 10.1. The molecule has 0 bridgehead atoms. The molecule has 0 fully saturated rings. The van der Waals surface area contributed by atoms with E-state index >= 15 is 0 Å². The number of rotatable bonds is 5. The maximum absolute atomic E-state index is 13.1. The second-order valence-electron chi connectivity index (χ2n) is 3.02. The maximum Gasteiger partial charge on any atom is 0.126 e. The Kier molecular flexibility index (Phi) is 4.49. The van der Waals surface area contributed by atoms with Crippen LogP contribution in [0.3, 0.4) is 0 Å². The third kappa shape index (κ3) is 3.40. The van der Waals surface area contributed by atoms with Gasteiger partial charge < -0.3 is 11.1 Å². The van der Waals surface area contributed by atoms with Crippen molar-refractivity contribution in [2.45, 2.75) is 6.42 Å². The Morgan fingerprint density at radius 1 is 1.21 bits per heavy atom. The van der Waals surface area contributed by atoms with Gasteiger partial charge in [0, 0.05) is 13.1 Å². The Hall–Kier alpha value is -1.00. The van der Waals surface area contributed by atoms with Gasteiger partial charge in [0.2, 0.25) is 0 Å². The lowest BCUT2D eigenvalue weighted by Gasteiger charge is -2.04. The van der Waals surface area contributed by atoms with Crippen LogP contribution in [-0.2, 0) is 6.42 Å². The molecule has 1 aromatic carbocycles. The first-order chi connectivity index (χ1) is 6.74. The molecule has 1 rings (SSSR count). The monoisotopic (exact) mass is 200 g/mol. The highest BCUT2D eigenvalue weighted by atomic mass is 19.1. The fourth-order valence-electron chi connectivity index (χ4n) is 1.19. The summed E-state index contributed by atoms with van der Waals surface area (Å²) in [7, 11) is 0. The number of halogens is 2. The topological polar surface area (TPSA) is 38.0 Å². The number of nitrogens with one attached hydrogen (secondary N) is 1. The van der Waals surface area contributed by atoms with Gasteiger partial charge in [0.15, 0.2) is 0 Å². The smallest absolute Gasteiger partial charge is 0.126 e. The fourth-order valence-corrected chi connectivity index (χ4v) is 1.19. The summed E-state index contributed by atoms with van der Waals surface area (Å²) in [4.78, 5) is 0. The minimum Gasteiger partial charge on any atom is -0.329 e. The molecule has 0 spiro atoms. The van der Waals surface area contributed by atoms with Gasteiger partial charge in [0.05, 0.1) is 0 Å². The van der Waals surface area contributed by atoms with Crippen molar-refractivity contribution in [1.82, 2.24) is 5.32 Å². The lowest BCUT2D eigenvalue weighted by molar-refractivity contribution is 0.577. The molecule has 0 saturated carbocycles. The predicted octanol–water partition coefficient (Wildman–Crippen LogP) is 1.06. The van der Waals surface area contributed by atoms with E-state index in [1.54, 1.807) is 0 Å². The molecule has 78 valence electrons. The normalized spacial score (nSPS) is 10.5. The van der Waals surface area contributed by atoms with Crippen LogP contribution < -0.4 is 11.1 Å². The van der Waals surface area contributed by atoms with Crippen molar-refractivity contribution in [3.05, 3.63) is 35.4 Å². The maximum atomic E-state index is 13.1. The number of hydrogen-bond acceptors (Lipinski definition) is 2. The number of hydrogen-bond donors (Lipinski definition) is 2. The molecule has 0 aliphatic rings. The second-order valence-corrected chi connectivity index (χ2v) is 3.02. The molecular formula is C10H14F2N2. The van der Waals surface area contributed by atoms with Gasteiger partial charge in [-0.2, -0.15) is 0 Å². The van der Waals surface area contributed by atoms with Gasteiger partial charge in [-0.05, 0) is 36.7 Å². The summed E-state index contributed by atoms with van der Waals surface area (Å²) >= 11 is 0. The first-order valence-corrected chi connectivity index (χ1v) is 4.58. The summed E-state index contributed by atoms with van der Waals surface area (Å²) in [5.41, 5.74) is 5.66. The summed E-state index contributed by atoms with van der Waals surface area (Å²) in [6.07, 6.45) is 0.476. The second kappa shape index (κ2) is 5.67. The average molecular weight is 200 g/mol. The first-order valence-electron chi connectivity index (χ1n) is 4.58. The summed E-state index contributed by atoms with van der Waals surface area (Å²) in [5.74, 6) is -0.763. The largest absolute Gasteiger partial charge is 0.329 e. The molecule has 1 aromatic rings. The number of benzene rings is 1. The van der Waals surface area contributed by atoms with Crippen LogP contribution in [0.1, 0.15) is 5.56 Å². The van der Waals surface area contributed by atoms with Crippen LogP contribution in [0.15, 0.2) is 18.2 Å². The zero-order valence-corrected chi connectivity index (χ0v) is 7.89. The standard InChI is InChI=1S/C10H14F2N2/c11-9-1-2-10(12)8(7-9)3-5-14-6-4-13/h1-2,7,14H,3-6,13H2. The number of nitrogens with two attached hydrogens (primary N) is 1. The van der Waals surface area contributed by atoms with E-state index in [0.29, 0.717) is 31.6 Å². The molecule has 2 nitrogen and oxygen atoms in total. The average Bonchev–Trinajstić information content (AvgIpc) is 2.18. The Balaban J connectivity index is 2.45. The van der Waals surface area contributed by atoms with Gasteiger partial charge in [0.25, 0.3) is 0 Å². The minimum atomic E-state index is -0.403. The van der Waals surface area contributed by atoms with E-state index in [1.807, 2.05) is 0 Å². The molecule has 0 amide bonds. The van der Waals surface area contributed by atoms with Gasteiger partial charge >= 0.3 is 0 Å². The van der Waals surface area contributed by atoms with Crippen molar-refractivity contribution in [2.75, 3.05) is 19.6 Å². The Morgan fingerprint density at radius 2 is 2.00 bits per heavy atom. The van der Waals surface area contributed by atoms with Crippen LogP contribution in [0.5, 0.6) is 0 Å². The van der Waals surface area contributed by atoms with E-state index in [-0.39, 0.29) is 5.82 Å². The van der Waals surface area contributed by atoms with E-state index in [0.717, 1.165) is 12.1 Å². The van der Waals surface area contributed by atoms with Crippen molar-refractivity contribution >= 4 is 0 Å². The molecule has 14 heavy (non-hydrogen) atoms. The van der Waals surface area contributed by atoms with E-state index in [2.05, 4.69) is 5.32 Å². The molecule has 0 aliphatic carbocycles. The molecule has 0 aliphatic heterocycles. The molecule has 0 heterocycles. The van der Waals surface area contributed by atoms with Crippen LogP contribution in [0.25, 0.3) is 0 Å². The van der Waals surface area contributed by atoms with E-state index in [9.17, 15) is 8.78 Å². The van der Waals surface area contributed by atoms with Crippen molar-refractivity contribution in [2.24, 2.45) is 5.73 Å². The quantitative estimate of drug-likeness (QED) is 0.697. The van der Waals surface area contributed by atoms with Crippen molar-refractivity contribution in [3.63, 3.8) is 0 Å². The summed E-state index contributed by atoms with van der Waals surface area (Å²) < 4.78 is 25.8. The summed E-state index contributed by atoms with van der Waals surface area (Å²) in [6.45, 7) is 1.85. The molecule has 4 heteroatoms. The Morgan fingerprint density at radius 3 is 2.71 bits per heavy atom. The highest BCUT2D eigenvalue weighted by Gasteiger charge is 2.02. The molecule has 0 radical (unpaired) electrons. The minimum absolute atomic E-state index is 0.360. The van der Waals surface area contributed by atoms with Crippen molar-refractivity contribution < 1.29 is 8.78 Å². The molecule has 0 saturated heterocycles. The van der Waals surface area contributed by atoms with Crippen molar-refractivity contribution in [3.8, 4) is 0 Å². The molecule has 0 aromatic heterocycles. The van der Waals surface area contributed by atoms with Crippen LogP contribution >= 0.6 is 0 Å². The van der Waals surface area contributed by atoms with Crippen molar-refractivity contribution in [1.29, 1.82) is 0 Å². The van der Waals surface area contributed by atoms with Crippen LogP contribution in [0.4, 0.5) is 8.78 Å². The first kappa shape index (κ1) is 11.1. The van der Waals surface area contributed by atoms with E-state index < -0.39 is 5.82 Å². The van der Waals surface area contributed by atoms with E-state index in [1.165, 1.54) is 6.07 Å². The van der Waals surface area contributed by atoms with Gasteiger partial charge in [-0.1, -0.05) is 0 Å². The third-order valence-electron chi connectivity index (χ3n) is 1.90. The third-order valence-corrected chi connectivity index (χ3v) is 1.90. The highest BCUT2D eigenvalue weighted by molar-refractivity contribution is 5.18. The molecule has 0 unspecified atom stereocenters. The lowest BCUT2D eigenvalue weighted by Crippen LogP contribution is -2.24. The molecule has 3 N–H and O–H groups in total. The van der Waals surface area contributed by atoms with Crippen LogP contribution in [-0.4, -0.2) is 19.6 Å². The summed E-state index contributed by atoms with van der Waals surface area (Å²) in [6, 6.07) is 3.49. The molecule has 0 atom stereocenters. The highest BCUT2D eigenvalue weighted by Crippen LogP contribution is 2.09. The zero-order chi connectivity index (χ0) is 10.4. The SMILES string of the molecule is NCCNCCc1cc(F)ccc1F. The summed E-state index contributed by atoms with van der Waals surface area (Å²) in [5, 5.41) is 3.02. The predicted molar refractivity (Wildman–Crippen MR) is 52.0 cm³/mol. The van der Waals surface area contributed by atoms with Gasteiger partial charge in [-0.3, -0.25) is 0 Å². The fraction of sp³-hybridized carbons (Fsp3) is 0.400.